The first-order valence-electron chi connectivity index (χ1n) is 7.79. The fourth-order valence-corrected chi connectivity index (χ4v) is 2.65. The fourth-order valence-electron chi connectivity index (χ4n) is 2.65. The number of carbonyl (C=O) groups is 1. The summed E-state index contributed by atoms with van der Waals surface area (Å²) >= 11 is 0. The number of nitro benzene ring substituents is 1. The quantitative estimate of drug-likeness (QED) is 0.400. The number of nitrogens with one attached hydrogen (secondary N) is 1. The van der Waals surface area contributed by atoms with E-state index in [4.69, 9.17) is 4.74 Å². The lowest BCUT2D eigenvalue weighted by atomic mass is 10.1. The maximum atomic E-state index is 13.4. The summed E-state index contributed by atoms with van der Waals surface area (Å²) in [4.78, 5) is 26.7. The molecular formula is C17H14F2N4O4. The molecule has 0 unspecified atom stereocenters. The number of benzene rings is 2. The number of halogens is 2. The van der Waals surface area contributed by atoms with Crippen LogP contribution < -0.4 is 5.32 Å². The third-order valence-corrected chi connectivity index (χ3v) is 3.90. The molecule has 3 aromatic rings. The molecule has 8 nitrogen and oxygen atoms in total. The van der Waals surface area contributed by atoms with E-state index in [-0.39, 0.29) is 28.3 Å². The number of rotatable bonds is 6. The lowest BCUT2D eigenvalue weighted by molar-refractivity contribution is -0.384. The second-order valence-corrected chi connectivity index (χ2v) is 5.48. The van der Waals surface area contributed by atoms with Gasteiger partial charge in [-0.1, -0.05) is 12.1 Å². The Morgan fingerprint density at radius 1 is 1.33 bits per heavy atom. The van der Waals surface area contributed by atoms with Crippen molar-refractivity contribution >= 4 is 28.4 Å². The Hall–Kier alpha value is -3.56. The zero-order valence-corrected chi connectivity index (χ0v) is 14.1. The number of nitrogens with zero attached hydrogens (tertiary/aromatic N) is 3. The smallest absolute Gasteiger partial charge is 0.338 e. The van der Waals surface area contributed by atoms with Gasteiger partial charge in [-0.3, -0.25) is 14.7 Å². The van der Waals surface area contributed by atoms with Crippen LogP contribution in [0.4, 0.5) is 20.2 Å². The van der Waals surface area contributed by atoms with Crippen LogP contribution in [-0.4, -0.2) is 27.5 Å². The van der Waals surface area contributed by atoms with Gasteiger partial charge in [-0.05, 0) is 24.3 Å². The Morgan fingerprint density at radius 3 is 2.74 bits per heavy atom. The molecule has 1 aromatic heterocycles. The highest BCUT2D eigenvalue weighted by Gasteiger charge is 2.21. The van der Waals surface area contributed by atoms with Crippen molar-refractivity contribution in [3.05, 3.63) is 64.0 Å². The molecule has 0 aliphatic carbocycles. The summed E-state index contributed by atoms with van der Waals surface area (Å²) in [6.45, 7) is -3.36. The topological polar surface area (TPSA) is 99.3 Å². The maximum Gasteiger partial charge on any atom is 0.338 e. The van der Waals surface area contributed by atoms with E-state index in [1.807, 2.05) is 0 Å². The number of fused-ring (bicyclic) bond motifs is 1. The Bertz CT molecular complexity index is 1020. The van der Waals surface area contributed by atoms with Crippen LogP contribution in [-0.2, 0) is 11.3 Å². The number of anilines is 1. The number of hydrogen-bond donors (Lipinski definition) is 1. The van der Waals surface area contributed by atoms with Gasteiger partial charge in [0, 0.05) is 13.1 Å². The first kappa shape index (κ1) is 18.2. The average Bonchev–Trinajstić information content (AvgIpc) is 3.04. The Labute approximate surface area is 151 Å². The molecule has 1 N–H and O–H groups in total. The lowest BCUT2D eigenvalue weighted by Crippen LogP contribution is -2.11. The van der Waals surface area contributed by atoms with Crippen LogP contribution in [0.2, 0.25) is 0 Å². The minimum absolute atomic E-state index is 0.0691. The second kappa shape index (κ2) is 7.36. The minimum atomic E-state index is -2.86. The summed E-state index contributed by atoms with van der Waals surface area (Å²) in [5.41, 5.74) is 0.425. The molecule has 0 radical (unpaired) electrons. The van der Waals surface area contributed by atoms with Crippen LogP contribution >= 0.6 is 0 Å². The SMILES string of the molecule is CNc1ccc(C(=O)OCc2nc3ccccc3n2C(F)F)cc1[N+](=O)[O-]. The molecule has 0 bridgehead atoms. The van der Waals surface area contributed by atoms with Gasteiger partial charge in [0.15, 0.2) is 5.82 Å². The number of aromatic nitrogens is 2. The van der Waals surface area contributed by atoms with Gasteiger partial charge >= 0.3 is 12.5 Å². The molecule has 0 aliphatic heterocycles. The summed E-state index contributed by atoms with van der Waals surface area (Å²) in [6.07, 6.45) is 0. The summed E-state index contributed by atoms with van der Waals surface area (Å²) in [7, 11) is 1.51. The highest BCUT2D eigenvalue weighted by Crippen LogP contribution is 2.26. The van der Waals surface area contributed by atoms with Gasteiger partial charge in [0.1, 0.15) is 12.3 Å². The molecule has 0 spiro atoms. The van der Waals surface area contributed by atoms with Crippen LogP contribution in [0.25, 0.3) is 11.0 Å². The van der Waals surface area contributed by atoms with Crippen molar-refractivity contribution in [2.75, 3.05) is 12.4 Å². The third kappa shape index (κ3) is 3.54. The molecule has 140 valence electrons. The summed E-state index contributed by atoms with van der Waals surface area (Å²) in [5, 5.41) is 13.7. The molecular weight excluding hydrogens is 362 g/mol. The molecule has 0 fully saturated rings. The number of imidazole rings is 1. The van der Waals surface area contributed by atoms with E-state index < -0.39 is 24.0 Å². The van der Waals surface area contributed by atoms with Gasteiger partial charge in [0.25, 0.3) is 5.69 Å². The van der Waals surface area contributed by atoms with E-state index in [1.54, 1.807) is 18.2 Å². The highest BCUT2D eigenvalue weighted by molar-refractivity contribution is 5.91. The molecule has 0 amide bonds. The van der Waals surface area contributed by atoms with Crippen LogP contribution in [0, 0.1) is 10.1 Å². The zero-order valence-electron chi connectivity index (χ0n) is 14.1. The van der Waals surface area contributed by atoms with E-state index >= 15 is 0 Å². The molecule has 0 saturated heterocycles. The molecule has 1 heterocycles. The van der Waals surface area contributed by atoms with Gasteiger partial charge < -0.3 is 10.1 Å². The molecule has 2 aromatic carbocycles. The number of nitro groups is 1. The van der Waals surface area contributed by atoms with E-state index in [9.17, 15) is 23.7 Å². The van der Waals surface area contributed by atoms with Crippen LogP contribution in [0.3, 0.4) is 0 Å². The minimum Gasteiger partial charge on any atom is -0.454 e. The van der Waals surface area contributed by atoms with E-state index in [0.29, 0.717) is 10.1 Å². The Morgan fingerprint density at radius 2 is 2.07 bits per heavy atom. The van der Waals surface area contributed by atoms with Crippen LogP contribution in [0.15, 0.2) is 42.5 Å². The standard InChI is InChI=1S/C17H14F2N4O4/c1-20-11-7-6-10(8-14(11)23(25)26)16(24)27-9-15-21-12-4-2-3-5-13(12)22(15)17(18)19/h2-8,17,20H,9H2,1H3. The number of alkyl halides is 2. The van der Waals surface area contributed by atoms with Gasteiger partial charge in [-0.2, -0.15) is 8.78 Å². The number of ether oxygens (including phenoxy) is 1. The predicted octanol–water partition coefficient (Wildman–Crippen LogP) is 3.74. The number of carbonyl (C=O) groups excluding carboxylic acids is 1. The van der Waals surface area contributed by atoms with Gasteiger partial charge in [0.05, 0.1) is 21.5 Å². The Balaban J connectivity index is 1.84. The number of esters is 1. The van der Waals surface area contributed by atoms with E-state index in [2.05, 4.69) is 10.3 Å². The largest absolute Gasteiger partial charge is 0.454 e. The number of hydrogen-bond acceptors (Lipinski definition) is 6. The molecule has 10 heteroatoms. The first-order valence-corrected chi connectivity index (χ1v) is 7.79. The second-order valence-electron chi connectivity index (χ2n) is 5.48. The summed E-state index contributed by atoms with van der Waals surface area (Å²) in [6, 6.07) is 10.1. The van der Waals surface area contributed by atoms with Crippen LogP contribution in [0.5, 0.6) is 0 Å². The summed E-state index contributed by atoms with van der Waals surface area (Å²) in [5.74, 6) is -1.01. The molecule has 0 aliphatic rings. The van der Waals surface area contributed by atoms with Crippen LogP contribution in [0.1, 0.15) is 22.7 Å². The zero-order chi connectivity index (χ0) is 19.6. The van der Waals surface area contributed by atoms with Crippen molar-refractivity contribution in [2.24, 2.45) is 0 Å². The number of para-hydroxylation sites is 2. The fraction of sp³-hybridized carbons (Fsp3) is 0.176. The monoisotopic (exact) mass is 376 g/mol. The highest BCUT2D eigenvalue weighted by atomic mass is 19.3. The van der Waals surface area contributed by atoms with Gasteiger partial charge in [-0.25, -0.2) is 9.78 Å². The molecule has 0 atom stereocenters. The molecule has 0 saturated carbocycles. The summed E-state index contributed by atoms with van der Waals surface area (Å²) < 4.78 is 32.4. The van der Waals surface area contributed by atoms with Crippen molar-refractivity contribution in [3.8, 4) is 0 Å². The van der Waals surface area contributed by atoms with E-state index in [0.717, 1.165) is 6.07 Å². The van der Waals surface area contributed by atoms with Crippen molar-refractivity contribution in [1.29, 1.82) is 0 Å². The van der Waals surface area contributed by atoms with Gasteiger partial charge in [-0.15, -0.1) is 0 Å². The Kier molecular flexibility index (Phi) is 4.97. The predicted molar refractivity (Wildman–Crippen MR) is 92.7 cm³/mol. The first-order chi connectivity index (χ1) is 12.9. The van der Waals surface area contributed by atoms with Gasteiger partial charge in [0.2, 0.25) is 0 Å². The average molecular weight is 376 g/mol. The maximum absolute atomic E-state index is 13.4. The van der Waals surface area contributed by atoms with Crippen molar-refractivity contribution in [2.45, 2.75) is 13.2 Å². The van der Waals surface area contributed by atoms with Crippen molar-refractivity contribution in [3.63, 3.8) is 0 Å². The van der Waals surface area contributed by atoms with Crippen molar-refractivity contribution < 1.29 is 23.2 Å². The third-order valence-electron chi connectivity index (χ3n) is 3.90. The molecule has 3 rings (SSSR count). The normalized spacial score (nSPS) is 11.0. The lowest BCUT2D eigenvalue weighted by Gasteiger charge is -2.09. The van der Waals surface area contributed by atoms with E-state index in [1.165, 1.54) is 25.2 Å². The molecule has 27 heavy (non-hydrogen) atoms. The van der Waals surface area contributed by atoms with Crippen molar-refractivity contribution in [1.82, 2.24) is 9.55 Å².